The van der Waals surface area contributed by atoms with Crippen molar-refractivity contribution in [2.45, 2.75) is 134 Å². The highest BCUT2D eigenvalue weighted by molar-refractivity contribution is 5.94. The van der Waals surface area contributed by atoms with Gasteiger partial charge in [0.1, 0.15) is 17.1 Å². The van der Waals surface area contributed by atoms with Gasteiger partial charge in [-0.05, 0) is 81.9 Å². The summed E-state index contributed by atoms with van der Waals surface area (Å²) >= 11 is 0. The number of fused-ring (bicyclic) bond motifs is 3. The van der Waals surface area contributed by atoms with Crippen molar-refractivity contribution >= 4 is 5.91 Å². The van der Waals surface area contributed by atoms with Crippen LogP contribution in [0.5, 0.6) is 11.5 Å². The monoisotopic (exact) mass is 497 g/mol. The van der Waals surface area contributed by atoms with Gasteiger partial charge in [0.05, 0.1) is 6.10 Å². The van der Waals surface area contributed by atoms with Crippen LogP contribution < -0.4 is 10.1 Å². The molecule has 3 N–H and O–H groups in total. The number of hydrogen-bond donors (Lipinski definition) is 3. The van der Waals surface area contributed by atoms with E-state index >= 15 is 0 Å². The Balaban J connectivity index is 1.55. The molecule has 2 atom stereocenters. The van der Waals surface area contributed by atoms with Gasteiger partial charge < -0.3 is 20.3 Å². The van der Waals surface area contributed by atoms with Crippen molar-refractivity contribution < 1.29 is 19.7 Å². The third kappa shape index (κ3) is 5.77. The summed E-state index contributed by atoms with van der Waals surface area (Å²) in [7, 11) is 0. The van der Waals surface area contributed by atoms with Crippen molar-refractivity contribution in [2.75, 3.05) is 0 Å². The van der Waals surface area contributed by atoms with Gasteiger partial charge >= 0.3 is 0 Å². The highest BCUT2D eigenvalue weighted by atomic mass is 16.5. The molecule has 0 unspecified atom stereocenters. The van der Waals surface area contributed by atoms with Crippen LogP contribution in [0.2, 0.25) is 0 Å². The first-order valence-electron chi connectivity index (χ1n) is 14.3. The number of aromatic hydroxyl groups is 1. The predicted molar refractivity (Wildman–Crippen MR) is 145 cm³/mol. The van der Waals surface area contributed by atoms with Crippen LogP contribution in [-0.4, -0.2) is 33.9 Å². The Morgan fingerprint density at radius 1 is 1.14 bits per heavy atom. The number of ether oxygens (including phenoxy) is 1. The molecule has 2 aliphatic carbocycles. The fourth-order valence-electron chi connectivity index (χ4n) is 6.61. The summed E-state index contributed by atoms with van der Waals surface area (Å²) in [6, 6.07) is 4.23. The second-order valence-electron chi connectivity index (χ2n) is 12.7. The smallest absolute Gasteiger partial charge is 0.247 e. The Labute approximate surface area is 217 Å². The van der Waals surface area contributed by atoms with Crippen molar-refractivity contribution in [3.63, 3.8) is 0 Å². The summed E-state index contributed by atoms with van der Waals surface area (Å²) in [5.74, 6) is 1.33. The maximum absolute atomic E-state index is 13.2. The lowest BCUT2D eigenvalue weighted by molar-refractivity contribution is -0.119. The van der Waals surface area contributed by atoms with Gasteiger partial charge in [-0.2, -0.15) is 0 Å². The molecule has 1 heterocycles. The van der Waals surface area contributed by atoms with Crippen molar-refractivity contribution in [3.05, 3.63) is 34.9 Å². The number of aliphatic hydroxyl groups is 1. The van der Waals surface area contributed by atoms with Crippen LogP contribution in [-0.2, 0) is 10.2 Å². The fraction of sp³-hybridized carbons (Fsp3) is 0.710. The standard InChI is InChI=1S/C31H47NO4/c1-6-7-8-9-16-30(2,3)21-18-26(34)28-24-17-20(29(35)32-22-11-13-23(33)14-12-22)10-15-25(24)31(4,5)36-27(28)19-21/h10,18-19,22-25,33-34H,6-9,11-17H2,1-5H3,(H,32,35)/t22?,23?,24-,25-/m1/s1. The van der Waals surface area contributed by atoms with Crippen molar-refractivity contribution in [2.24, 2.45) is 5.92 Å². The predicted octanol–water partition coefficient (Wildman–Crippen LogP) is 6.65. The summed E-state index contributed by atoms with van der Waals surface area (Å²) in [6.07, 6.45) is 12.3. The first kappa shape index (κ1) is 27.0. The second-order valence-corrected chi connectivity index (χ2v) is 12.7. The second kappa shape index (κ2) is 10.8. The van der Waals surface area contributed by atoms with Gasteiger partial charge in [0.15, 0.2) is 0 Å². The molecule has 0 saturated heterocycles. The molecule has 1 saturated carbocycles. The summed E-state index contributed by atoms with van der Waals surface area (Å²) in [6.45, 7) is 11.0. The van der Waals surface area contributed by atoms with E-state index in [0.717, 1.165) is 61.0 Å². The molecule has 0 bridgehead atoms. The number of allylic oxidation sites excluding steroid dienone is 1. The van der Waals surface area contributed by atoms with E-state index in [1.807, 2.05) is 6.07 Å². The average molecular weight is 498 g/mol. The number of rotatable bonds is 8. The lowest BCUT2D eigenvalue weighted by atomic mass is 9.66. The molecule has 1 fully saturated rings. The number of carbonyl (C=O) groups excluding carboxylic acids is 1. The number of benzene rings is 1. The molecular formula is C31H47NO4. The largest absolute Gasteiger partial charge is 0.508 e. The van der Waals surface area contributed by atoms with Gasteiger partial charge in [-0.25, -0.2) is 0 Å². The van der Waals surface area contributed by atoms with Crippen molar-refractivity contribution in [1.82, 2.24) is 5.32 Å². The molecule has 1 amide bonds. The van der Waals surface area contributed by atoms with Crippen LogP contribution in [0.4, 0.5) is 0 Å². The zero-order chi connectivity index (χ0) is 26.1. The van der Waals surface area contributed by atoms with E-state index in [1.165, 1.54) is 25.7 Å². The van der Waals surface area contributed by atoms with Crippen molar-refractivity contribution in [3.8, 4) is 11.5 Å². The molecule has 0 aromatic heterocycles. The zero-order valence-corrected chi connectivity index (χ0v) is 23.0. The molecular weight excluding hydrogens is 450 g/mol. The number of phenolic OH excluding ortho intramolecular Hbond substituents is 1. The Morgan fingerprint density at radius 2 is 1.86 bits per heavy atom. The van der Waals surface area contributed by atoms with Crippen LogP contribution in [0.1, 0.15) is 122 Å². The first-order valence-corrected chi connectivity index (χ1v) is 14.3. The van der Waals surface area contributed by atoms with Gasteiger partial charge in [0, 0.05) is 29.0 Å². The summed E-state index contributed by atoms with van der Waals surface area (Å²) in [5, 5.41) is 24.3. The fourth-order valence-corrected chi connectivity index (χ4v) is 6.61. The van der Waals surface area contributed by atoms with Crippen LogP contribution in [0.3, 0.4) is 0 Å². The van der Waals surface area contributed by atoms with Gasteiger partial charge in [0.2, 0.25) is 5.91 Å². The van der Waals surface area contributed by atoms with Crippen LogP contribution in [0.15, 0.2) is 23.8 Å². The summed E-state index contributed by atoms with van der Waals surface area (Å²) in [4.78, 5) is 13.2. The molecule has 0 radical (unpaired) electrons. The molecule has 4 rings (SSSR count). The molecule has 1 aromatic rings. The minimum Gasteiger partial charge on any atom is -0.508 e. The molecule has 3 aliphatic rings. The highest BCUT2D eigenvalue weighted by Gasteiger charge is 2.47. The lowest BCUT2D eigenvalue weighted by Gasteiger charge is -2.47. The van der Waals surface area contributed by atoms with E-state index in [2.05, 4.69) is 52.1 Å². The summed E-state index contributed by atoms with van der Waals surface area (Å²) < 4.78 is 6.56. The number of aliphatic hydroxyl groups excluding tert-OH is 1. The van der Waals surface area contributed by atoms with Crippen molar-refractivity contribution in [1.29, 1.82) is 0 Å². The molecule has 1 aliphatic heterocycles. The number of amides is 1. The number of carbonyl (C=O) groups is 1. The van der Waals surface area contributed by atoms with Crippen LogP contribution >= 0.6 is 0 Å². The molecule has 0 spiro atoms. The van der Waals surface area contributed by atoms with E-state index in [1.54, 1.807) is 0 Å². The van der Waals surface area contributed by atoms with E-state index in [0.29, 0.717) is 12.2 Å². The third-order valence-corrected chi connectivity index (χ3v) is 9.06. The average Bonchev–Trinajstić information content (AvgIpc) is 2.82. The molecule has 1 aromatic carbocycles. The van der Waals surface area contributed by atoms with Gasteiger partial charge in [-0.1, -0.05) is 52.5 Å². The Kier molecular flexibility index (Phi) is 8.09. The number of hydrogen-bond acceptors (Lipinski definition) is 4. The minimum absolute atomic E-state index is 0.00464. The van der Waals surface area contributed by atoms with E-state index in [-0.39, 0.29) is 40.9 Å². The minimum atomic E-state index is -0.383. The van der Waals surface area contributed by atoms with Gasteiger partial charge in [0.25, 0.3) is 0 Å². The SMILES string of the molecule is CCCCCCC(C)(C)c1cc(O)c2c(c1)OC(C)(C)[C@@H]1CC=C(C(=O)NC3CCC(O)CC3)C[C@@H]21. The first-order chi connectivity index (χ1) is 17.0. The Bertz CT molecular complexity index is 971. The number of phenols is 1. The molecule has 5 nitrogen and oxygen atoms in total. The van der Waals surface area contributed by atoms with E-state index < -0.39 is 0 Å². The van der Waals surface area contributed by atoms with Gasteiger partial charge in [-0.3, -0.25) is 4.79 Å². The normalized spacial score (nSPS) is 27.3. The molecule has 200 valence electrons. The summed E-state index contributed by atoms with van der Waals surface area (Å²) in [5.41, 5.74) is 2.37. The lowest BCUT2D eigenvalue weighted by Crippen LogP contribution is -2.47. The van der Waals surface area contributed by atoms with Crippen LogP contribution in [0, 0.1) is 5.92 Å². The Morgan fingerprint density at radius 3 is 2.56 bits per heavy atom. The molecule has 5 heteroatoms. The quantitative estimate of drug-likeness (QED) is 0.351. The van der Waals surface area contributed by atoms with E-state index in [9.17, 15) is 15.0 Å². The molecule has 36 heavy (non-hydrogen) atoms. The number of nitrogens with one attached hydrogen (secondary N) is 1. The number of unbranched alkanes of at least 4 members (excludes halogenated alkanes) is 3. The van der Waals surface area contributed by atoms with Crippen LogP contribution in [0.25, 0.3) is 0 Å². The maximum Gasteiger partial charge on any atom is 0.247 e. The highest BCUT2D eigenvalue weighted by Crippen LogP contribution is 2.55. The zero-order valence-electron chi connectivity index (χ0n) is 23.0. The maximum atomic E-state index is 13.2. The third-order valence-electron chi connectivity index (χ3n) is 9.06. The van der Waals surface area contributed by atoms with Gasteiger partial charge in [-0.15, -0.1) is 0 Å². The van der Waals surface area contributed by atoms with E-state index in [4.69, 9.17) is 4.74 Å². The Hall–Kier alpha value is -2.01. The topological polar surface area (TPSA) is 78.8 Å².